The van der Waals surface area contributed by atoms with E-state index in [0.29, 0.717) is 0 Å². The Morgan fingerprint density at radius 2 is 1.68 bits per heavy atom. The van der Waals surface area contributed by atoms with Crippen molar-refractivity contribution in [3.05, 3.63) is 29.6 Å². The van der Waals surface area contributed by atoms with Crippen LogP contribution in [-0.4, -0.2) is 6.04 Å². The normalized spacial score (nSPS) is 23.5. The van der Waals surface area contributed by atoms with Crippen LogP contribution in [0.3, 0.4) is 0 Å². The summed E-state index contributed by atoms with van der Waals surface area (Å²) < 4.78 is 39.1. The first-order valence-corrected chi connectivity index (χ1v) is 6.42. The minimum Gasteiger partial charge on any atom is -0.381 e. The summed E-state index contributed by atoms with van der Waals surface area (Å²) in [7, 11) is 0. The molecule has 102 valence electrons. The predicted molar refractivity (Wildman–Crippen MR) is 65.9 cm³/mol. The summed E-state index contributed by atoms with van der Waals surface area (Å²) in [6.07, 6.45) is 4.58. The van der Waals surface area contributed by atoms with Gasteiger partial charge in [0.15, 0.2) is 17.5 Å². The van der Waals surface area contributed by atoms with Gasteiger partial charge in [-0.1, -0.05) is 19.3 Å². The maximum atomic E-state index is 13.1. The van der Waals surface area contributed by atoms with E-state index in [1.54, 1.807) is 0 Å². The van der Waals surface area contributed by atoms with Gasteiger partial charge in [0.05, 0.1) is 12.0 Å². The van der Waals surface area contributed by atoms with E-state index in [-0.39, 0.29) is 17.6 Å². The van der Waals surface area contributed by atoms with E-state index in [4.69, 9.17) is 5.26 Å². The largest absolute Gasteiger partial charge is 0.381 e. The fraction of sp³-hybridized carbons (Fsp3) is 0.500. The molecular weight excluding hydrogens is 253 g/mol. The molecule has 0 aliphatic heterocycles. The molecule has 1 aliphatic carbocycles. The van der Waals surface area contributed by atoms with Crippen molar-refractivity contribution in [2.75, 3.05) is 5.32 Å². The van der Waals surface area contributed by atoms with Crippen molar-refractivity contribution in [3.8, 4) is 6.07 Å². The van der Waals surface area contributed by atoms with Crippen molar-refractivity contribution in [3.63, 3.8) is 0 Å². The molecule has 0 aromatic heterocycles. The summed E-state index contributed by atoms with van der Waals surface area (Å²) >= 11 is 0. The lowest BCUT2D eigenvalue weighted by Gasteiger charge is -2.22. The van der Waals surface area contributed by atoms with E-state index in [0.717, 1.165) is 44.2 Å². The molecule has 1 aliphatic rings. The Hall–Kier alpha value is -1.70. The second-order valence-electron chi connectivity index (χ2n) is 4.88. The third-order valence-corrected chi connectivity index (χ3v) is 3.52. The molecule has 1 saturated carbocycles. The van der Waals surface area contributed by atoms with Crippen LogP contribution in [0.4, 0.5) is 18.9 Å². The number of nitrogens with one attached hydrogen (secondary N) is 1. The maximum absolute atomic E-state index is 13.1. The van der Waals surface area contributed by atoms with Crippen LogP contribution < -0.4 is 5.32 Å². The van der Waals surface area contributed by atoms with E-state index < -0.39 is 17.5 Å². The molecule has 1 N–H and O–H groups in total. The Kier molecular flexibility index (Phi) is 4.31. The standard InChI is InChI=1S/C14H15F3N2/c15-11-6-10(7-12(16)14(11)17)19-13-5-3-1-2-4-9(13)8-18/h6-7,9,13,19H,1-5H2. The summed E-state index contributed by atoms with van der Waals surface area (Å²) in [6.45, 7) is 0. The van der Waals surface area contributed by atoms with Gasteiger partial charge in [0.25, 0.3) is 0 Å². The van der Waals surface area contributed by atoms with Crippen molar-refractivity contribution < 1.29 is 13.2 Å². The molecule has 1 aromatic rings. The smallest absolute Gasteiger partial charge is 0.194 e. The van der Waals surface area contributed by atoms with Crippen LogP contribution in [0.1, 0.15) is 32.1 Å². The van der Waals surface area contributed by atoms with Crippen LogP contribution in [0.5, 0.6) is 0 Å². The SMILES string of the molecule is N#CC1CCCCCC1Nc1cc(F)c(F)c(F)c1. The number of nitrogens with zero attached hydrogens (tertiary/aromatic N) is 1. The molecule has 1 aromatic carbocycles. The summed E-state index contributed by atoms with van der Waals surface area (Å²) in [6, 6.07) is 3.95. The molecule has 2 nitrogen and oxygen atoms in total. The third-order valence-electron chi connectivity index (χ3n) is 3.52. The minimum absolute atomic E-state index is 0.142. The van der Waals surface area contributed by atoms with Gasteiger partial charge < -0.3 is 5.32 Å². The highest BCUT2D eigenvalue weighted by Gasteiger charge is 2.24. The monoisotopic (exact) mass is 268 g/mol. The molecule has 0 bridgehead atoms. The maximum Gasteiger partial charge on any atom is 0.194 e. The van der Waals surface area contributed by atoms with Crippen LogP contribution in [-0.2, 0) is 0 Å². The van der Waals surface area contributed by atoms with Crippen LogP contribution in [0.25, 0.3) is 0 Å². The molecule has 0 spiro atoms. The zero-order valence-corrected chi connectivity index (χ0v) is 10.4. The molecule has 0 heterocycles. The highest BCUT2D eigenvalue weighted by molar-refractivity contribution is 5.45. The van der Waals surface area contributed by atoms with Crippen molar-refractivity contribution >= 4 is 5.69 Å². The Bertz CT molecular complexity index is 473. The number of benzene rings is 1. The quantitative estimate of drug-likeness (QED) is 0.650. The molecular formula is C14H15F3N2. The van der Waals surface area contributed by atoms with Crippen molar-refractivity contribution in [1.29, 1.82) is 5.26 Å². The molecule has 5 heteroatoms. The Labute approximate surface area is 110 Å². The highest BCUT2D eigenvalue weighted by atomic mass is 19.2. The van der Waals surface area contributed by atoms with Crippen molar-refractivity contribution in [1.82, 2.24) is 0 Å². The summed E-state index contributed by atoms with van der Waals surface area (Å²) in [5, 5.41) is 12.1. The number of hydrogen-bond donors (Lipinski definition) is 1. The predicted octanol–water partition coefficient (Wildman–Crippen LogP) is 3.99. The van der Waals surface area contributed by atoms with Crippen LogP contribution in [0.2, 0.25) is 0 Å². The lowest BCUT2D eigenvalue weighted by molar-refractivity contribution is 0.446. The average Bonchev–Trinajstić information content (AvgIpc) is 2.61. The van der Waals surface area contributed by atoms with Gasteiger partial charge >= 0.3 is 0 Å². The topological polar surface area (TPSA) is 35.8 Å². The van der Waals surface area contributed by atoms with Crippen molar-refractivity contribution in [2.24, 2.45) is 5.92 Å². The molecule has 0 saturated heterocycles. The number of anilines is 1. The van der Waals surface area contributed by atoms with Crippen LogP contribution in [0.15, 0.2) is 12.1 Å². The first kappa shape index (κ1) is 13.7. The molecule has 1 fully saturated rings. The molecule has 0 amide bonds. The van der Waals surface area contributed by atoms with Gasteiger partial charge in [-0.05, 0) is 12.8 Å². The number of nitriles is 1. The molecule has 2 unspecified atom stereocenters. The molecule has 19 heavy (non-hydrogen) atoms. The number of halogens is 3. The van der Waals surface area contributed by atoms with Crippen molar-refractivity contribution in [2.45, 2.75) is 38.1 Å². The second-order valence-corrected chi connectivity index (χ2v) is 4.88. The van der Waals surface area contributed by atoms with E-state index in [1.165, 1.54) is 0 Å². The zero-order valence-electron chi connectivity index (χ0n) is 10.4. The summed E-state index contributed by atoms with van der Waals surface area (Å²) in [5.74, 6) is -4.09. The van der Waals surface area contributed by atoms with Crippen LogP contribution >= 0.6 is 0 Å². The zero-order chi connectivity index (χ0) is 13.8. The van der Waals surface area contributed by atoms with Crippen LogP contribution in [0, 0.1) is 34.7 Å². The summed E-state index contributed by atoms with van der Waals surface area (Å²) in [4.78, 5) is 0. The van der Waals surface area contributed by atoms with Gasteiger partial charge in [-0.15, -0.1) is 0 Å². The van der Waals surface area contributed by atoms with Gasteiger partial charge in [-0.2, -0.15) is 5.26 Å². The Morgan fingerprint density at radius 1 is 1.05 bits per heavy atom. The Balaban J connectivity index is 2.17. The number of hydrogen-bond acceptors (Lipinski definition) is 2. The van der Waals surface area contributed by atoms with E-state index >= 15 is 0 Å². The minimum atomic E-state index is -1.47. The lowest BCUT2D eigenvalue weighted by Crippen LogP contribution is -2.27. The van der Waals surface area contributed by atoms with E-state index in [2.05, 4.69) is 11.4 Å². The molecule has 0 radical (unpaired) electrons. The van der Waals surface area contributed by atoms with Gasteiger partial charge in [-0.25, -0.2) is 13.2 Å². The van der Waals surface area contributed by atoms with Gasteiger partial charge in [0.2, 0.25) is 0 Å². The average molecular weight is 268 g/mol. The van der Waals surface area contributed by atoms with E-state index in [9.17, 15) is 13.2 Å². The van der Waals surface area contributed by atoms with E-state index in [1.807, 2.05) is 0 Å². The Morgan fingerprint density at radius 3 is 2.32 bits per heavy atom. The third kappa shape index (κ3) is 3.19. The molecule has 2 atom stereocenters. The number of rotatable bonds is 2. The first-order chi connectivity index (χ1) is 9.11. The molecule has 2 rings (SSSR count). The van der Waals surface area contributed by atoms with Gasteiger partial charge in [0.1, 0.15) is 0 Å². The lowest BCUT2D eigenvalue weighted by atomic mass is 9.96. The highest BCUT2D eigenvalue weighted by Crippen LogP contribution is 2.27. The van der Waals surface area contributed by atoms with Gasteiger partial charge in [-0.3, -0.25) is 0 Å². The summed E-state index contributed by atoms with van der Waals surface area (Å²) in [5.41, 5.74) is 0.184. The fourth-order valence-corrected chi connectivity index (χ4v) is 2.49. The fourth-order valence-electron chi connectivity index (χ4n) is 2.49. The van der Waals surface area contributed by atoms with Gasteiger partial charge in [0, 0.05) is 23.9 Å². The second kappa shape index (κ2) is 5.96. The first-order valence-electron chi connectivity index (χ1n) is 6.42.